The van der Waals surface area contributed by atoms with Gasteiger partial charge in [-0.1, -0.05) is 13.0 Å². The number of hydrogen-bond donors (Lipinski definition) is 1. The molecule has 0 aromatic carbocycles. The summed E-state index contributed by atoms with van der Waals surface area (Å²) in [6.07, 6.45) is 3.01. The van der Waals surface area contributed by atoms with Gasteiger partial charge >= 0.3 is 0 Å². The van der Waals surface area contributed by atoms with Gasteiger partial charge in [0.05, 0.1) is 13.2 Å². The second kappa shape index (κ2) is 6.31. The van der Waals surface area contributed by atoms with Crippen LogP contribution in [-0.4, -0.2) is 11.6 Å². The van der Waals surface area contributed by atoms with Crippen molar-refractivity contribution in [2.45, 2.75) is 39.3 Å². The number of aromatic nitrogens is 1. The second-order valence-electron chi connectivity index (χ2n) is 5.63. The van der Waals surface area contributed by atoms with Crippen LogP contribution in [0.5, 0.6) is 5.88 Å². The molecule has 0 spiro atoms. The maximum Gasteiger partial charge on any atom is 0.217 e. The zero-order chi connectivity index (χ0) is 14.7. The van der Waals surface area contributed by atoms with E-state index in [-0.39, 0.29) is 0 Å². The Hall–Kier alpha value is -1.81. The van der Waals surface area contributed by atoms with Gasteiger partial charge < -0.3 is 14.5 Å². The Morgan fingerprint density at radius 2 is 2.19 bits per heavy atom. The Bertz CT molecular complexity index is 594. The van der Waals surface area contributed by atoms with E-state index in [4.69, 9.17) is 9.15 Å². The quantitative estimate of drug-likeness (QED) is 0.846. The minimum Gasteiger partial charge on any atom is -0.478 e. The predicted molar refractivity (Wildman–Crippen MR) is 81.2 cm³/mol. The molecule has 0 aliphatic heterocycles. The first-order valence-corrected chi connectivity index (χ1v) is 7.64. The van der Waals surface area contributed by atoms with Crippen molar-refractivity contribution in [2.24, 2.45) is 5.92 Å². The van der Waals surface area contributed by atoms with E-state index in [2.05, 4.69) is 29.4 Å². The van der Waals surface area contributed by atoms with Gasteiger partial charge in [0.25, 0.3) is 0 Å². The van der Waals surface area contributed by atoms with E-state index in [1.807, 2.05) is 19.1 Å². The number of ether oxygens (including phenoxy) is 1. The van der Waals surface area contributed by atoms with Crippen LogP contribution in [0.15, 0.2) is 34.9 Å². The minimum atomic E-state index is 0.630. The lowest BCUT2D eigenvalue weighted by atomic mass is 10.2. The highest BCUT2D eigenvalue weighted by molar-refractivity contribution is 5.25. The first-order valence-electron chi connectivity index (χ1n) is 7.64. The van der Waals surface area contributed by atoms with Crippen molar-refractivity contribution in [3.8, 4) is 5.88 Å². The van der Waals surface area contributed by atoms with Crippen LogP contribution in [0, 0.1) is 5.92 Å². The van der Waals surface area contributed by atoms with Crippen LogP contribution in [0.3, 0.4) is 0 Å². The van der Waals surface area contributed by atoms with Gasteiger partial charge in [-0.15, -0.1) is 0 Å². The second-order valence-corrected chi connectivity index (χ2v) is 5.63. The molecule has 4 nitrogen and oxygen atoms in total. The molecule has 1 fully saturated rings. The van der Waals surface area contributed by atoms with Crippen LogP contribution in [0.1, 0.15) is 43.3 Å². The summed E-state index contributed by atoms with van der Waals surface area (Å²) in [4.78, 5) is 4.25. The lowest BCUT2D eigenvalue weighted by Gasteiger charge is -2.08. The van der Waals surface area contributed by atoms with Crippen LogP contribution in [0.2, 0.25) is 0 Å². The molecular weight excluding hydrogens is 264 g/mol. The predicted octanol–water partition coefficient (Wildman–Crippen LogP) is 3.49. The Labute approximate surface area is 125 Å². The van der Waals surface area contributed by atoms with Gasteiger partial charge in [-0.25, -0.2) is 4.98 Å². The summed E-state index contributed by atoms with van der Waals surface area (Å²) in [5, 5.41) is 3.39. The number of rotatable bonds is 7. The van der Waals surface area contributed by atoms with Crippen LogP contribution in [0.4, 0.5) is 0 Å². The van der Waals surface area contributed by atoms with Crippen LogP contribution in [0.25, 0.3) is 0 Å². The zero-order valence-electron chi connectivity index (χ0n) is 12.6. The van der Waals surface area contributed by atoms with Crippen molar-refractivity contribution >= 4 is 0 Å². The molecule has 21 heavy (non-hydrogen) atoms. The molecule has 0 saturated heterocycles. The number of furan rings is 1. The summed E-state index contributed by atoms with van der Waals surface area (Å²) >= 11 is 0. The van der Waals surface area contributed by atoms with Crippen molar-refractivity contribution in [1.82, 2.24) is 10.3 Å². The van der Waals surface area contributed by atoms with E-state index in [0.717, 1.165) is 36.1 Å². The fraction of sp³-hybridized carbons (Fsp3) is 0.471. The van der Waals surface area contributed by atoms with Crippen molar-refractivity contribution in [3.05, 3.63) is 47.5 Å². The summed E-state index contributed by atoms with van der Waals surface area (Å²) in [6, 6.07) is 8.14. The van der Waals surface area contributed by atoms with Crippen molar-refractivity contribution in [3.63, 3.8) is 0 Å². The maximum absolute atomic E-state index is 5.88. The van der Waals surface area contributed by atoms with Crippen LogP contribution in [-0.2, 0) is 13.1 Å². The SMILES string of the molecule is CCOc1ncccc1CNCc1ccc(C2CC2C)o1. The van der Waals surface area contributed by atoms with E-state index >= 15 is 0 Å². The monoisotopic (exact) mass is 286 g/mol. The average molecular weight is 286 g/mol. The first kappa shape index (κ1) is 14.1. The smallest absolute Gasteiger partial charge is 0.217 e. The lowest BCUT2D eigenvalue weighted by molar-refractivity contribution is 0.321. The Morgan fingerprint density at radius 1 is 1.33 bits per heavy atom. The van der Waals surface area contributed by atoms with Crippen LogP contribution < -0.4 is 10.1 Å². The van der Waals surface area contributed by atoms with Gasteiger partial charge in [0, 0.05) is 24.2 Å². The molecule has 2 aromatic rings. The molecule has 112 valence electrons. The van der Waals surface area contributed by atoms with Crippen LogP contribution >= 0.6 is 0 Å². The molecule has 1 aliphatic rings. The first-order chi connectivity index (χ1) is 10.3. The number of pyridine rings is 1. The summed E-state index contributed by atoms with van der Waals surface area (Å²) in [6.45, 7) is 6.31. The number of nitrogens with one attached hydrogen (secondary N) is 1. The molecule has 4 heteroatoms. The molecule has 0 bridgehead atoms. The molecule has 1 N–H and O–H groups in total. The van der Waals surface area contributed by atoms with Crippen molar-refractivity contribution in [2.75, 3.05) is 6.61 Å². The molecule has 2 unspecified atom stereocenters. The van der Waals surface area contributed by atoms with E-state index in [1.165, 1.54) is 6.42 Å². The van der Waals surface area contributed by atoms with Gasteiger partial charge in [0.15, 0.2) is 0 Å². The molecule has 3 rings (SSSR count). The largest absolute Gasteiger partial charge is 0.478 e. The highest BCUT2D eigenvalue weighted by atomic mass is 16.5. The third-order valence-corrected chi connectivity index (χ3v) is 3.90. The zero-order valence-corrected chi connectivity index (χ0v) is 12.6. The number of hydrogen-bond acceptors (Lipinski definition) is 4. The molecule has 0 amide bonds. The van der Waals surface area contributed by atoms with Gasteiger partial charge in [-0.2, -0.15) is 0 Å². The topological polar surface area (TPSA) is 47.3 Å². The molecule has 2 heterocycles. The lowest BCUT2D eigenvalue weighted by Crippen LogP contribution is -2.13. The highest BCUT2D eigenvalue weighted by Gasteiger charge is 2.36. The molecule has 1 saturated carbocycles. The van der Waals surface area contributed by atoms with Crippen molar-refractivity contribution < 1.29 is 9.15 Å². The van der Waals surface area contributed by atoms with E-state index < -0.39 is 0 Å². The Kier molecular flexibility index (Phi) is 4.25. The standard InChI is InChI=1S/C17H22N2O2/c1-3-20-17-13(5-4-8-19-17)10-18-11-14-6-7-16(21-14)15-9-12(15)2/h4-8,12,15,18H,3,9-11H2,1-2H3. The highest BCUT2D eigenvalue weighted by Crippen LogP contribution is 2.47. The normalized spacial score (nSPS) is 20.5. The molecule has 2 atom stereocenters. The fourth-order valence-electron chi connectivity index (χ4n) is 2.55. The minimum absolute atomic E-state index is 0.630. The Morgan fingerprint density at radius 3 is 2.95 bits per heavy atom. The van der Waals surface area contributed by atoms with E-state index in [0.29, 0.717) is 18.4 Å². The molecular formula is C17H22N2O2. The van der Waals surface area contributed by atoms with E-state index in [9.17, 15) is 0 Å². The molecule has 0 radical (unpaired) electrons. The molecule has 2 aromatic heterocycles. The number of nitrogens with zero attached hydrogens (tertiary/aromatic N) is 1. The third-order valence-electron chi connectivity index (χ3n) is 3.90. The van der Waals surface area contributed by atoms with E-state index in [1.54, 1.807) is 6.20 Å². The fourth-order valence-corrected chi connectivity index (χ4v) is 2.55. The Balaban J connectivity index is 1.53. The average Bonchev–Trinajstić information content (AvgIpc) is 3.03. The van der Waals surface area contributed by atoms with Crippen molar-refractivity contribution in [1.29, 1.82) is 0 Å². The van der Waals surface area contributed by atoms with Gasteiger partial charge in [0.2, 0.25) is 5.88 Å². The van der Waals surface area contributed by atoms with Gasteiger partial charge in [-0.3, -0.25) is 0 Å². The summed E-state index contributed by atoms with van der Waals surface area (Å²) in [7, 11) is 0. The summed E-state index contributed by atoms with van der Waals surface area (Å²) in [5.41, 5.74) is 1.07. The summed E-state index contributed by atoms with van der Waals surface area (Å²) < 4.78 is 11.4. The maximum atomic E-state index is 5.88. The van der Waals surface area contributed by atoms with Gasteiger partial charge in [-0.05, 0) is 37.5 Å². The summed E-state index contributed by atoms with van der Waals surface area (Å²) in [5.74, 6) is 4.25. The molecule has 1 aliphatic carbocycles. The van der Waals surface area contributed by atoms with Gasteiger partial charge in [0.1, 0.15) is 11.5 Å². The third kappa shape index (κ3) is 3.45.